The van der Waals surface area contributed by atoms with Crippen LogP contribution in [0.1, 0.15) is 24.8 Å². The van der Waals surface area contributed by atoms with Gasteiger partial charge in [0.2, 0.25) is 0 Å². The third-order valence-corrected chi connectivity index (χ3v) is 4.99. The predicted molar refractivity (Wildman–Crippen MR) is 82.0 cm³/mol. The van der Waals surface area contributed by atoms with Crippen molar-refractivity contribution in [1.29, 1.82) is 0 Å². The summed E-state index contributed by atoms with van der Waals surface area (Å²) in [7, 11) is 0. The highest BCUT2D eigenvalue weighted by Gasteiger charge is 2.39. The standard InChI is InChI=1S/C16H23NO2S/c1-2-8-18-11-14-3-4-15-16(19-14)5-7-17(15)10-13-6-9-20-12-13/h2,6,9,12,14-16H,1,3-5,7-8,10-11H2/t14-,15-,16-/m1/s1. The van der Waals surface area contributed by atoms with E-state index in [0.29, 0.717) is 25.4 Å². The molecule has 3 rings (SSSR count). The molecule has 0 saturated carbocycles. The molecular formula is C16H23NO2S. The largest absolute Gasteiger partial charge is 0.375 e. The lowest BCUT2D eigenvalue weighted by atomic mass is 9.99. The van der Waals surface area contributed by atoms with Gasteiger partial charge in [-0.05, 0) is 41.7 Å². The molecule has 0 aromatic carbocycles. The number of nitrogens with zero attached hydrogens (tertiary/aromatic N) is 1. The number of hydrogen-bond acceptors (Lipinski definition) is 4. The van der Waals surface area contributed by atoms with Gasteiger partial charge in [0, 0.05) is 19.1 Å². The van der Waals surface area contributed by atoms with Crippen molar-refractivity contribution < 1.29 is 9.47 Å². The molecule has 0 radical (unpaired) electrons. The zero-order valence-electron chi connectivity index (χ0n) is 11.9. The van der Waals surface area contributed by atoms with Gasteiger partial charge in [0.1, 0.15) is 0 Å². The summed E-state index contributed by atoms with van der Waals surface area (Å²) in [5.74, 6) is 0. The Morgan fingerprint density at radius 2 is 2.40 bits per heavy atom. The normalized spacial score (nSPS) is 30.3. The summed E-state index contributed by atoms with van der Waals surface area (Å²) in [4.78, 5) is 2.59. The van der Waals surface area contributed by atoms with Crippen LogP contribution in [-0.2, 0) is 16.0 Å². The molecule has 2 fully saturated rings. The van der Waals surface area contributed by atoms with Gasteiger partial charge in [0.05, 0.1) is 25.4 Å². The Bertz CT molecular complexity index is 420. The molecule has 2 aliphatic rings. The summed E-state index contributed by atoms with van der Waals surface area (Å²) in [6, 6.07) is 2.83. The van der Waals surface area contributed by atoms with Crippen molar-refractivity contribution in [3.63, 3.8) is 0 Å². The second-order valence-corrected chi connectivity index (χ2v) is 6.44. The zero-order chi connectivity index (χ0) is 13.8. The summed E-state index contributed by atoms with van der Waals surface area (Å²) >= 11 is 1.78. The minimum atomic E-state index is 0.275. The summed E-state index contributed by atoms with van der Waals surface area (Å²) in [5.41, 5.74) is 1.44. The Morgan fingerprint density at radius 1 is 1.45 bits per heavy atom. The molecule has 2 aliphatic heterocycles. The SMILES string of the molecule is C=CCOC[C@H]1CC[C@@H]2[C@@H](CCN2Cc2ccsc2)O1. The van der Waals surface area contributed by atoms with Crippen LogP contribution in [-0.4, -0.2) is 42.9 Å². The fourth-order valence-electron chi connectivity index (χ4n) is 3.30. The lowest BCUT2D eigenvalue weighted by Crippen LogP contribution is -2.43. The summed E-state index contributed by atoms with van der Waals surface area (Å²) < 4.78 is 11.7. The Hall–Kier alpha value is -0.680. The molecule has 1 aromatic rings. The van der Waals surface area contributed by atoms with Crippen LogP contribution in [0.15, 0.2) is 29.5 Å². The van der Waals surface area contributed by atoms with Crippen LogP contribution in [0.2, 0.25) is 0 Å². The molecule has 0 unspecified atom stereocenters. The van der Waals surface area contributed by atoms with Crippen LogP contribution in [0.5, 0.6) is 0 Å². The molecule has 1 aromatic heterocycles. The number of likely N-dealkylation sites (tertiary alicyclic amines) is 1. The first-order valence-electron chi connectivity index (χ1n) is 7.46. The van der Waals surface area contributed by atoms with Crippen molar-refractivity contribution in [3.8, 4) is 0 Å². The Balaban J connectivity index is 1.50. The monoisotopic (exact) mass is 293 g/mol. The van der Waals surface area contributed by atoms with Gasteiger partial charge < -0.3 is 9.47 Å². The number of rotatable bonds is 6. The van der Waals surface area contributed by atoms with E-state index in [1.54, 1.807) is 17.4 Å². The average Bonchev–Trinajstić information content (AvgIpc) is 3.10. The minimum absolute atomic E-state index is 0.275. The average molecular weight is 293 g/mol. The molecule has 20 heavy (non-hydrogen) atoms. The summed E-state index contributed by atoms with van der Waals surface area (Å²) in [6.07, 6.45) is 5.98. The summed E-state index contributed by atoms with van der Waals surface area (Å²) in [6.45, 7) is 7.23. The van der Waals surface area contributed by atoms with Crippen molar-refractivity contribution >= 4 is 11.3 Å². The number of ether oxygens (including phenoxy) is 2. The highest BCUT2D eigenvalue weighted by molar-refractivity contribution is 7.07. The van der Waals surface area contributed by atoms with E-state index in [0.717, 1.165) is 25.9 Å². The maximum atomic E-state index is 6.21. The highest BCUT2D eigenvalue weighted by atomic mass is 32.1. The first-order chi connectivity index (χ1) is 9.86. The van der Waals surface area contributed by atoms with Crippen LogP contribution in [0.4, 0.5) is 0 Å². The molecule has 3 atom stereocenters. The third-order valence-electron chi connectivity index (χ3n) is 4.26. The number of hydrogen-bond donors (Lipinski definition) is 0. The molecule has 0 spiro atoms. The van der Waals surface area contributed by atoms with E-state index < -0.39 is 0 Å². The van der Waals surface area contributed by atoms with Crippen molar-refractivity contribution in [3.05, 3.63) is 35.0 Å². The van der Waals surface area contributed by atoms with Crippen molar-refractivity contribution in [1.82, 2.24) is 4.90 Å². The van der Waals surface area contributed by atoms with Crippen LogP contribution in [0.3, 0.4) is 0 Å². The molecule has 0 aliphatic carbocycles. The molecule has 0 bridgehead atoms. The number of fused-ring (bicyclic) bond motifs is 1. The van der Waals surface area contributed by atoms with E-state index in [1.807, 2.05) is 0 Å². The lowest BCUT2D eigenvalue weighted by Gasteiger charge is -2.35. The molecule has 3 nitrogen and oxygen atoms in total. The molecule has 4 heteroatoms. The van der Waals surface area contributed by atoms with Crippen LogP contribution in [0.25, 0.3) is 0 Å². The zero-order valence-corrected chi connectivity index (χ0v) is 12.7. The fraction of sp³-hybridized carbons (Fsp3) is 0.625. The van der Waals surface area contributed by atoms with Crippen molar-refractivity contribution in [2.45, 2.75) is 44.1 Å². The maximum Gasteiger partial charge on any atom is 0.0813 e. The van der Waals surface area contributed by atoms with Gasteiger partial charge in [-0.2, -0.15) is 11.3 Å². The van der Waals surface area contributed by atoms with Gasteiger partial charge in [-0.3, -0.25) is 4.90 Å². The Morgan fingerprint density at radius 3 is 3.20 bits per heavy atom. The van der Waals surface area contributed by atoms with Crippen LogP contribution in [0, 0.1) is 0 Å². The first kappa shape index (κ1) is 14.3. The van der Waals surface area contributed by atoms with Gasteiger partial charge in [-0.15, -0.1) is 6.58 Å². The van der Waals surface area contributed by atoms with Crippen molar-refractivity contribution in [2.24, 2.45) is 0 Å². The van der Waals surface area contributed by atoms with E-state index in [9.17, 15) is 0 Å². The highest BCUT2D eigenvalue weighted by Crippen LogP contribution is 2.32. The van der Waals surface area contributed by atoms with Gasteiger partial charge in [0.25, 0.3) is 0 Å². The maximum absolute atomic E-state index is 6.21. The third kappa shape index (κ3) is 3.31. The van der Waals surface area contributed by atoms with Crippen LogP contribution >= 0.6 is 11.3 Å². The molecule has 2 saturated heterocycles. The van der Waals surface area contributed by atoms with Crippen molar-refractivity contribution in [2.75, 3.05) is 19.8 Å². The quantitative estimate of drug-likeness (QED) is 0.594. The van der Waals surface area contributed by atoms with E-state index in [4.69, 9.17) is 9.47 Å². The Kier molecular flexibility index (Phi) is 4.89. The van der Waals surface area contributed by atoms with Gasteiger partial charge in [-0.1, -0.05) is 6.08 Å². The lowest BCUT2D eigenvalue weighted by molar-refractivity contribution is -0.0971. The van der Waals surface area contributed by atoms with Crippen LogP contribution < -0.4 is 0 Å². The van der Waals surface area contributed by atoms with Gasteiger partial charge >= 0.3 is 0 Å². The molecule has 110 valence electrons. The minimum Gasteiger partial charge on any atom is -0.375 e. The van der Waals surface area contributed by atoms with E-state index >= 15 is 0 Å². The predicted octanol–water partition coefficient (Wildman–Crippen LogP) is 3.07. The second kappa shape index (κ2) is 6.85. The Labute approximate surface area is 125 Å². The number of thiophene rings is 1. The smallest absolute Gasteiger partial charge is 0.0813 e. The first-order valence-corrected chi connectivity index (χ1v) is 8.40. The molecular weight excluding hydrogens is 270 g/mol. The van der Waals surface area contributed by atoms with Gasteiger partial charge in [-0.25, -0.2) is 0 Å². The molecule has 0 amide bonds. The van der Waals surface area contributed by atoms with E-state index in [1.165, 1.54) is 12.0 Å². The fourth-order valence-corrected chi connectivity index (χ4v) is 3.96. The van der Waals surface area contributed by atoms with E-state index in [2.05, 4.69) is 28.3 Å². The summed E-state index contributed by atoms with van der Waals surface area (Å²) in [5, 5.41) is 4.41. The van der Waals surface area contributed by atoms with Gasteiger partial charge in [0.15, 0.2) is 0 Å². The topological polar surface area (TPSA) is 21.7 Å². The molecule has 3 heterocycles. The van der Waals surface area contributed by atoms with E-state index in [-0.39, 0.29) is 6.10 Å². The molecule has 0 N–H and O–H groups in total. The second-order valence-electron chi connectivity index (χ2n) is 5.66.